The molecule has 2 aromatic carbocycles. The quantitative estimate of drug-likeness (QED) is 0.271. The van der Waals surface area contributed by atoms with Crippen LogP contribution in [0.25, 0.3) is 10.9 Å². The molecule has 1 aromatic heterocycles. The fraction of sp³-hybridized carbons (Fsp3) is 0.455. The number of esters is 1. The highest BCUT2D eigenvalue weighted by Gasteiger charge is 2.59. The van der Waals surface area contributed by atoms with Gasteiger partial charge in [-0.1, -0.05) is 48.5 Å². The maximum atomic E-state index is 13.9. The second kappa shape index (κ2) is 12.1. The number of fused-ring (bicyclic) bond motifs is 2. The van der Waals surface area contributed by atoms with Gasteiger partial charge in [0, 0.05) is 36.1 Å². The number of nitrogens with one attached hydrogen (secondary N) is 3. The lowest BCUT2D eigenvalue weighted by Gasteiger charge is -2.37. The normalized spacial score (nSPS) is 22.5. The van der Waals surface area contributed by atoms with Crippen molar-refractivity contribution in [2.75, 3.05) is 13.7 Å². The largest absolute Gasteiger partial charge is 0.468 e. The van der Waals surface area contributed by atoms with Gasteiger partial charge in [0.25, 0.3) is 0 Å². The van der Waals surface area contributed by atoms with Crippen molar-refractivity contribution < 1.29 is 28.7 Å². The third kappa shape index (κ3) is 6.38. The number of para-hydroxylation sites is 1. The minimum absolute atomic E-state index is 0.219. The van der Waals surface area contributed by atoms with Gasteiger partial charge in [0.05, 0.1) is 13.2 Å². The average molecular weight is 589 g/mol. The van der Waals surface area contributed by atoms with E-state index in [9.17, 15) is 19.2 Å². The molecule has 0 bridgehead atoms. The lowest BCUT2D eigenvalue weighted by Crippen LogP contribution is -2.58. The van der Waals surface area contributed by atoms with Gasteiger partial charge in [-0.25, -0.2) is 4.79 Å². The SMILES string of the molecule is COC(=O)[C@@]1(Cc2ccccc2)CC2C(NC(=O)C(Cc3c[nH]c4ccccc34)NC(=O)OC(C)(C)C)CCCN2C1=O. The van der Waals surface area contributed by atoms with Crippen LogP contribution in [0.5, 0.6) is 0 Å². The molecule has 43 heavy (non-hydrogen) atoms. The number of aromatic nitrogens is 1. The number of aromatic amines is 1. The van der Waals surface area contributed by atoms with Crippen LogP contribution in [-0.2, 0) is 36.7 Å². The van der Waals surface area contributed by atoms with E-state index in [1.165, 1.54) is 7.11 Å². The molecule has 0 saturated carbocycles. The van der Waals surface area contributed by atoms with Crippen LogP contribution in [0.1, 0.15) is 51.2 Å². The van der Waals surface area contributed by atoms with E-state index in [2.05, 4.69) is 15.6 Å². The van der Waals surface area contributed by atoms with E-state index in [4.69, 9.17) is 9.47 Å². The van der Waals surface area contributed by atoms with Crippen LogP contribution in [0.4, 0.5) is 4.79 Å². The Morgan fingerprint density at radius 2 is 1.81 bits per heavy atom. The Kier molecular flexibility index (Phi) is 8.48. The summed E-state index contributed by atoms with van der Waals surface area (Å²) < 4.78 is 10.7. The Morgan fingerprint density at radius 1 is 1.09 bits per heavy atom. The van der Waals surface area contributed by atoms with Crippen molar-refractivity contribution >= 4 is 34.8 Å². The number of methoxy groups -OCH3 is 1. The average Bonchev–Trinajstić information content (AvgIpc) is 3.51. The number of alkyl carbamates (subject to hydrolysis) is 1. The zero-order valence-electron chi connectivity index (χ0n) is 25.1. The number of nitrogens with zero attached hydrogens (tertiary/aromatic N) is 1. The monoisotopic (exact) mass is 588 g/mol. The maximum Gasteiger partial charge on any atom is 0.408 e. The predicted molar refractivity (Wildman–Crippen MR) is 161 cm³/mol. The minimum atomic E-state index is -1.37. The van der Waals surface area contributed by atoms with E-state index in [0.29, 0.717) is 19.4 Å². The van der Waals surface area contributed by atoms with E-state index in [1.807, 2.05) is 60.8 Å². The smallest absolute Gasteiger partial charge is 0.408 e. The number of amides is 3. The molecule has 10 heteroatoms. The predicted octanol–water partition coefficient (Wildman–Crippen LogP) is 3.89. The van der Waals surface area contributed by atoms with Crippen molar-refractivity contribution in [1.82, 2.24) is 20.5 Å². The summed E-state index contributed by atoms with van der Waals surface area (Å²) in [5, 5.41) is 6.86. The fourth-order valence-electron chi connectivity index (χ4n) is 6.44. The molecular formula is C33H40N4O6. The van der Waals surface area contributed by atoms with Crippen molar-refractivity contribution in [2.45, 2.75) is 76.6 Å². The molecule has 2 aliphatic heterocycles. The molecule has 3 amide bonds. The van der Waals surface area contributed by atoms with Gasteiger partial charge in [0.2, 0.25) is 11.8 Å². The van der Waals surface area contributed by atoms with Crippen LogP contribution in [0.15, 0.2) is 60.8 Å². The van der Waals surface area contributed by atoms with Crippen molar-refractivity contribution in [3.63, 3.8) is 0 Å². The molecule has 2 saturated heterocycles. The van der Waals surface area contributed by atoms with Crippen LogP contribution >= 0.6 is 0 Å². The van der Waals surface area contributed by atoms with Gasteiger partial charge in [0.1, 0.15) is 11.6 Å². The van der Waals surface area contributed by atoms with E-state index in [0.717, 1.165) is 22.0 Å². The van der Waals surface area contributed by atoms with Gasteiger partial charge in [-0.05, 0) is 63.6 Å². The summed E-state index contributed by atoms with van der Waals surface area (Å²) in [7, 11) is 1.30. The molecule has 3 aromatic rings. The number of ether oxygens (including phenoxy) is 2. The highest BCUT2D eigenvalue weighted by molar-refractivity contribution is 6.05. The van der Waals surface area contributed by atoms with Crippen LogP contribution in [0.2, 0.25) is 0 Å². The number of rotatable bonds is 8. The second-order valence-corrected chi connectivity index (χ2v) is 12.5. The number of carbonyl (C=O) groups is 4. The molecule has 228 valence electrons. The molecular weight excluding hydrogens is 548 g/mol. The van der Waals surface area contributed by atoms with Crippen molar-refractivity contribution in [1.29, 1.82) is 0 Å². The van der Waals surface area contributed by atoms with Crippen LogP contribution in [-0.4, -0.2) is 71.1 Å². The van der Waals surface area contributed by atoms with E-state index >= 15 is 0 Å². The van der Waals surface area contributed by atoms with E-state index in [-0.39, 0.29) is 37.1 Å². The lowest BCUT2D eigenvalue weighted by atomic mass is 9.77. The Hall–Kier alpha value is -4.34. The molecule has 3 unspecified atom stereocenters. The first-order valence-corrected chi connectivity index (χ1v) is 14.8. The van der Waals surface area contributed by atoms with Crippen molar-refractivity contribution in [2.24, 2.45) is 5.41 Å². The number of hydrogen-bond acceptors (Lipinski definition) is 6. The van der Waals surface area contributed by atoms with Gasteiger partial charge in [-0.2, -0.15) is 0 Å². The lowest BCUT2D eigenvalue weighted by molar-refractivity contribution is -0.159. The number of piperidine rings is 1. The summed E-state index contributed by atoms with van der Waals surface area (Å²) in [5.41, 5.74) is 0.559. The zero-order valence-corrected chi connectivity index (χ0v) is 25.1. The molecule has 0 spiro atoms. The Morgan fingerprint density at radius 3 is 2.53 bits per heavy atom. The topological polar surface area (TPSA) is 130 Å². The zero-order chi connectivity index (χ0) is 30.8. The van der Waals surface area contributed by atoms with E-state index < -0.39 is 35.2 Å². The van der Waals surface area contributed by atoms with Gasteiger partial charge in [-0.3, -0.25) is 14.4 Å². The van der Waals surface area contributed by atoms with Crippen molar-refractivity contribution in [3.05, 3.63) is 71.9 Å². The molecule has 5 rings (SSSR count). The molecule has 0 radical (unpaired) electrons. The number of benzene rings is 2. The summed E-state index contributed by atoms with van der Waals surface area (Å²) in [4.78, 5) is 58.8. The van der Waals surface area contributed by atoms with Crippen LogP contribution in [0, 0.1) is 5.41 Å². The van der Waals surface area contributed by atoms with Gasteiger partial charge in [0.15, 0.2) is 5.41 Å². The summed E-state index contributed by atoms with van der Waals surface area (Å²) in [6.07, 6.45) is 3.13. The summed E-state index contributed by atoms with van der Waals surface area (Å²) in [6, 6.07) is 15.5. The Balaban J connectivity index is 1.39. The fourth-order valence-corrected chi connectivity index (χ4v) is 6.44. The van der Waals surface area contributed by atoms with Crippen LogP contribution in [0.3, 0.4) is 0 Å². The highest BCUT2D eigenvalue weighted by atomic mass is 16.6. The highest BCUT2D eigenvalue weighted by Crippen LogP contribution is 2.43. The number of H-pyrrole nitrogens is 1. The molecule has 10 nitrogen and oxygen atoms in total. The standard InChI is InChI=1S/C33H40N4O6/c1-32(2,3)43-31(41)36-26(17-22-20-34-24-14-9-8-13-23(22)24)28(38)35-25-15-10-16-37-27(25)19-33(29(37)39,30(40)42-4)18-21-11-6-5-7-12-21/h5-9,11-14,20,25-27,34H,10,15-19H2,1-4H3,(H,35,38)(H,36,41)/t25?,26?,27?,33-/m0/s1. The molecule has 3 heterocycles. The number of hydrogen-bond donors (Lipinski definition) is 3. The van der Waals surface area contributed by atoms with Gasteiger partial charge in [-0.15, -0.1) is 0 Å². The third-order valence-electron chi connectivity index (χ3n) is 8.37. The Bertz CT molecular complexity index is 1500. The molecule has 3 N–H and O–H groups in total. The summed E-state index contributed by atoms with van der Waals surface area (Å²) >= 11 is 0. The first-order valence-electron chi connectivity index (χ1n) is 14.8. The first-order chi connectivity index (χ1) is 20.5. The van der Waals surface area contributed by atoms with E-state index in [1.54, 1.807) is 25.7 Å². The molecule has 2 fully saturated rings. The molecule has 2 aliphatic rings. The summed E-state index contributed by atoms with van der Waals surface area (Å²) in [5.74, 6) is -1.21. The minimum Gasteiger partial charge on any atom is -0.468 e. The van der Waals surface area contributed by atoms with Gasteiger partial charge >= 0.3 is 12.1 Å². The molecule has 4 atom stereocenters. The van der Waals surface area contributed by atoms with Crippen LogP contribution < -0.4 is 10.6 Å². The second-order valence-electron chi connectivity index (χ2n) is 12.5. The maximum absolute atomic E-state index is 13.9. The van der Waals surface area contributed by atoms with Gasteiger partial charge < -0.3 is 30.0 Å². The summed E-state index contributed by atoms with van der Waals surface area (Å²) in [6.45, 7) is 5.78. The Labute approximate surface area is 251 Å². The third-order valence-corrected chi connectivity index (χ3v) is 8.37. The number of carbonyl (C=O) groups excluding carboxylic acids is 4. The first kappa shape index (κ1) is 30.1. The van der Waals surface area contributed by atoms with Crippen molar-refractivity contribution in [3.8, 4) is 0 Å². The molecule has 0 aliphatic carbocycles.